The number of thioether (sulfide) groups is 1. The average molecular weight is 213 g/mol. The number of unbranched alkanes of at least 4 members (excludes halogenated alkanes) is 1. The van der Waals surface area contributed by atoms with Gasteiger partial charge in [-0.3, -0.25) is 0 Å². The molecule has 0 spiro atoms. The summed E-state index contributed by atoms with van der Waals surface area (Å²) < 4.78 is 0. The quantitative estimate of drug-likeness (QED) is 0.535. The molecule has 0 aliphatic rings. The maximum absolute atomic E-state index is 3.90. The molecule has 0 saturated heterocycles. The molecule has 0 saturated carbocycles. The van der Waals surface area contributed by atoms with Crippen LogP contribution in [-0.2, 0) is 0 Å². The Bertz CT molecular complexity index is 166. The standard InChI is InChI=1S/C12H23NS/c1-5-7-10-14-11-8-9-13(6-2)12(3)4/h6H,2-3,5,7-11H2,1,4H3. The van der Waals surface area contributed by atoms with Crippen LogP contribution in [0.25, 0.3) is 0 Å². The number of allylic oxidation sites excluding steroid dienone is 1. The molecule has 0 bridgehead atoms. The highest BCUT2D eigenvalue weighted by atomic mass is 32.2. The Morgan fingerprint density at radius 3 is 2.50 bits per heavy atom. The molecule has 2 heteroatoms. The number of rotatable bonds is 9. The van der Waals surface area contributed by atoms with Crippen LogP contribution in [0.1, 0.15) is 33.1 Å². The van der Waals surface area contributed by atoms with Gasteiger partial charge in [0, 0.05) is 12.2 Å². The first-order valence-corrected chi connectivity index (χ1v) is 6.50. The number of hydrogen-bond acceptors (Lipinski definition) is 2. The van der Waals surface area contributed by atoms with Gasteiger partial charge in [0.25, 0.3) is 0 Å². The third kappa shape index (κ3) is 7.07. The third-order valence-corrected chi connectivity index (χ3v) is 3.20. The first-order chi connectivity index (χ1) is 6.72. The molecule has 0 N–H and O–H groups in total. The summed E-state index contributed by atoms with van der Waals surface area (Å²) in [5, 5.41) is 0. The molecule has 0 fully saturated rings. The zero-order valence-corrected chi connectivity index (χ0v) is 10.4. The smallest absolute Gasteiger partial charge is 0.0229 e. The van der Waals surface area contributed by atoms with Gasteiger partial charge in [0.05, 0.1) is 0 Å². The van der Waals surface area contributed by atoms with E-state index in [9.17, 15) is 0 Å². The summed E-state index contributed by atoms with van der Waals surface area (Å²) in [6.07, 6.45) is 5.72. The van der Waals surface area contributed by atoms with Crippen LogP contribution in [0.4, 0.5) is 0 Å². The molecule has 0 aliphatic carbocycles. The van der Waals surface area contributed by atoms with Gasteiger partial charge in [-0.05, 0) is 37.5 Å². The highest BCUT2D eigenvalue weighted by molar-refractivity contribution is 7.99. The van der Waals surface area contributed by atoms with Crippen LogP contribution in [0.2, 0.25) is 0 Å². The lowest BCUT2D eigenvalue weighted by Gasteiger charge is -2.19. The van der Waals surface area contributed by atoms with Crippen molar-refractivity contribution in [1.82, 2.24) is 4.90 Å². The van der Waals surface area contributed by atoms with Gasteiger partial charge in [-0.1, -0.05) is 26.5 Å². The van der Waals surface area contributed by atoms with Gasteiger partial charge >= 0.3 is 0 Å². The molecule has 0 aromatic heterocycles. The number of nitrogens with zero attached hydrogens (tertiary/aromatic N) is 1. The van der Waals surface area contributed by atoms with E-state index in [1.807, 2.05) is 13.1 Å². The topological polar surface area (TPSA) is 3.24 Å². The van der Waals surface area contributed by atoms with Crippen molar-refractivity contribution in [2.24, 2.45) is 0 Å². The molecule has 82 valence electrons. The average Bonchev–Trinajstić information content (AvgIpc) is 2.16. The summed E-state index contributed by atoms with van der Waals surface area (Å²) >= 11 is 2.05. The Hall–Kier alpha value is -0.370. The second-order valence-corrected chi connectivity index (χ2v) is 4.66. The monoisotopic (exact) mass is 213 g/mol. The normalized spacial score (nSPS) is 9.86. The second-order valence-electron chi connectivity index (χ2n) is 3.43. The van der Waals surface area contributed by atoms with E-state index < -0.39 is 0 Å². The van der Waals surface area contributed by atoms with Crippen LogP contribution in [0.15, 0.2) is 25.1 Å². The van der Waals surface area contributed by atoms with E-state index in [0.717, 1.165) is 12.2 Å². The summed E-state index contributed by atoms with van der Waals surface area (Å²) in [6.45, 7) is 13.0. The molecule has 0 aliphatic heterocycles. The lowest BCUT2D eigenvalue weighted by atomic mass is 10.4. The molecule has 0 unspecified atom stereocenters. The van der Waals surface area contributed by atoms with Gasteiger partial charge in [0.1, 0.15) is 0 Å². The summed E-state index contributed by atoms with van der Waals surface area (Å²) in [4.78, 5) is 2.11. The summed E-state index contributed by atoms with van der Waals surface area (Å²) in [5.41, 5.74) is 1.08. The van der Waals surface area contributed by atoms with E-state index in [0.29, 0.717) is 0 Å². The Morgan fingerprint density at radius 1 is 1.36 bits per heavy atom. The molecule has 0 atom stereocenters. The van der Waals surface area contributed by atoms with Crippen molar-refractivity contribution in [2.45, 2.75) is 33.1 Å². The van der Waals surface area contributed by atoms with Crippen molar-refractivity contribution in [3.8, 4) is 0 Å². The minimum atomic E-state index is 1.05. The van der Waals surface area contributed by atoms with Gasteiger partial charge in [0.15, 0.2) is 0 Å². The molecule has 0 heterocycles. The van der Waals surface area contributed by atoms with E-state index in [2.05, 4.69) is 36.7 Å². The van der Waals surface area contributed by atoms with E-state index in [1.54, 1.807) is 0 Å². The lowest BCUT2D eigenvalue weighted by Crippen LogP contribution is -2.15. The number of hydrogen-bond donors (Lipinski definition) is 0. The second kappa shape index (κ2) is 9.20. The van der Waals surface area contributed by atoms with Crippen LogP contribution in [-0.4, -0.2) is 23.0 Å². The molecule has 0 radical (unpaired) electrons. The van der Waals surface area contributed by atoms with Crippen LogP contribution >= 0.6 is 11.8 Å². The lowest BCUT2D eigenvalue weighted by molar-refractivity contribution is 0.468. The Kier molecular flexibility index (Phi) is 8.95. The van der Waals surface area contributed by atoms with Crippen molar-refractivity contribution < 1.29 is 0 Å². The van der Waals surface area contributed by atoms with E-state index in [-0.39, 0.29) is 0 Å². The summed E-state index contributed by atoms with van der Waals surface area (Å²) in [5.74, 6) is 2.55. The molecule has 0 aromatic rings. The van der Waals surface area contributed by atoms with Crippen LogP contribution in [0, 0.1) is 0 Å². The predicted molar refractivity (Wildman–Crippen MR) is 68.6 cm³/mol. The third-order valence-electron chi connectivity index (χ3n) is 2.04. The van der Waals surface area contributed by atoms with Crippen molar-refractivity contribution >= 4 is 11.8 Å². The van der Waals surface area contributed by atoms with Crippen LogP contribution in [0.5, 0.6) is 0 Å². The Labute approximate surface area is 93.3 Å². The Balaban J connectivity index is 3.33. The predicted octanol–water partition coefficient (Wildman–Crippen LogP) is 3.89. The van der Waals surface area contributed by atoms with Crippen LogP contribution in [0.3, 0.4) is 0 Å². The van der Waals surface area contributed by atoms with Gasteiger partial charge in [-0.2, -0.15) is 11.8 Å². The molecule has 0 aromatic carbocycles. The molecule has 1 nitrogen and oxygen atoms in total. The maximum atomic E-state index is 3.90. The molecule has 14 heavy (non-hydrogen) atoms. The zero-order chi connectivity index (χ0) is 10.8. The van der Waals surface area contributed by atoms with E-state index in [1.165, 1.54) is 30.8 Å². The minimum Gasteiger partial charge on any atom is -0.353 e. The highest BCUT2D eigenvalue weighted by Crippen LogP contribution is 2.08. The van der Waals surface area contributed by atoms with Crippen molar-refractivity contribution in [3.05, 3.63) is 25.1 Å². The molecular weight excluding hydrogens is 190 g/mol. The van der Waals surface area contributed by atoms with Crippen molar-refractivity contribution in [3.63, 3.8) is 0 Å². The summed E-state index contributed by atoms with van der Waals surface area (Å²) in [7, 11) is 0. The van der Waals surface area contributed by atoms with Crippen molar-refractivity contribution in [1.29, 1.82) is 0 Å². The van der Waals surface area contributed by atoms with Crippen molar-refractivity contribution in [2.75, 3.05) is 18.1 Å². The van der Waals surface area contributed by atoms with Gasteiger partial charge in [-0.25, -0.2) is 0 Å². The zero-order valence-electron chi connectivity index (χ0n) is 9.59. The Morgan fingerprint density at radius 2 is 2.00 bits per heavy atom. The van der Waals surface area contributed by atoms with Gasteiger partial charge in [-0.15, -0.1) is 0 Å². The highest BCUT2D eigenvalue weighted by Gasteiger charge is 1.97. The first-order valence-electron chi connectivity index (χ1n) is 5.34. The SMILES string of the molecule is C=CN(CCCSCCCC)C(=C)C. The van der Waals surface area contributed by atoms with Crippen LogP contribution < -0.4 is 0 Å². The first kappa shape index (κ1) is 13.6. The van der Waals surface area contributed by atoms with Gasteiger partial charge < -0.3 is 4.90 Å². The fourth-order valence-corrected chi connectivity index (χ4v) is 2.15. The fourth-order valence-electron chi connectivity index (χ4n) is 1.12. The molecule has 0 rings (SSSR count). The molecular formula is C12H23NS. The van der Waals surface area contributed by atoms with E-state index in [4.69, 9.17) is 0 Å². The van der Waals surface area contributed by atoms with Gasteiger partial charge in [0.2, 0.25) is 0 Å². The minimum absolute atomic E-state index is 1.05. The molecule has 0 amide bonds. The maximum Gasteiger partial charge on any atom is 0.0229 e. The summed E-state index contributed by atoms with van der Waals surface area (Å²) in [6, 6.07) is 0. The fraction of sp³-hybridized carbons (Fsp3) is 0.667. The van der Waals surface area contributed by atoms with E-state index >= 15 is 0 Å². The largest absolute Gasteiger partial charge is 0.353 e.